The van der Waals surface area contributed by atoms with Crippen LogP contribution >= 0.6 is 0 Å². The predicted molar refractivity (Wildman–Crippen MR) is 151 cm³/mol. The van der Waals surface area contributed by atoms with E-state index in [1.54, 1.807) is 60.7 Å². The number of ether oxygens (including phenoxy) is 3. The highest BCUT2D eigenvalue weighted by Crippen LogP contribution is 2.21. The van der Waals surface area contributed by atoms with E-state index in [0.717, 1.165) is 25.0 Å². The van der Waals surface area contributed by atoms with Crippen molar-refractivity contribution in [2.24, 2.45) is 0 Å². The van der Waals surface area contributed by atoms with Crippen LogP contribution in [-0.4, -0.2) is 18.5 Å². The summed E-state index contributed by atoms with van der Waals surface area (Å²) in [6.45, 7) is 5.08. The second-order valence-electron chi connectivity index (χ2n) is 9.55. The molecule has 0 aliphatic heterocycles. The van der Waals surface area contributed by atoms with E-state index in [0.29, 0.717) is 29.2 Å². The molecule has 0 spiro atoms. The zero-order valence-corrected chi connectivity index (χ0v) is 22.7. The summed E-state index contributed by atoms with van der Waals surface area (Å²) in [6.07, 6.45) is 11.8. The Morgan fingerprint density at radius 1 is 0.526 bits per heavy atom. The molecule has 0 amide bonds. The van der Waals surface area contributed by atoms with Gasteiger partial charge in [-0.3, -0.25) is 0 Å². The van der Waals surface area contributed by atoms with Crippen molar-refractivity contribution in [2.75, 3.05) is 6.61 Å². The predicted octanol–water partition coefficient (Wildman–Crippen LogP) is 8.60. The molecule has 202 valence electrons. The van der Waals surface area contributed by atoms with Gasteiger partial charge in [-0.15, -0.1) is 0 Å². The van der Waals surface area contributed by atoms with Crippen molar-refractivity contribution < 1.29 is 23.8 Å². The molecule has 0 saturated heterocycles. The molecular formula is C33H40O5. The number of carbonyl (C=O) groups is 2. The molecule has 5 heteroatoms. The molecule has 0 N–H and O–H groups in total. The van der Waals surface area contributed by atoms with Crippen LogP contribution in [0.4, 0.5) is 0 Å². The van der Waals surface area contributed by atoms with E-state index in [2.05, 4.69) is 13.8 Å². The standard InChI is InChI=1S/C33H40O5/c1-3-5-7-8-9-11-25-36-29-19-17-28(18-20-29)33(35)38-31-23-21-30(22-24-31)37-32(34)27-15-13-26(14-16-27)12-10-6-4-2/h13-24H,3-12,25H2,1-2H3. The van der Waals surface area contributed by atoms with Crippen molar-refractivity contribution in [3.63, 3.8) is 0 Å². The van der Waals surface area contributed by atoms with Crippen LogP contribution in [-0.2, 0) is 6.42 Å². The zero-order chi connectivity index (χ0) is 27.0. The summed E-state index contributed by atoms with van der Waals surface area (Å²) in [7, 11) is 0. The van der Waals surface area contributed by atoms with Crippen LogP contribution < -0.4 is 14.2 Å². The molecule has 38 heavy (non-hydrogen) atoms. The minimum atomic E-state index is -0.462. The lowest BCUT2D eigenvalue weighted by molar-refractivity contribution is 0.0719. The zero-order valence-electron chi connectivity index (χ0n) is 22.7. The summed E-state index contributed by atoms with van der Waals surface area (Å²) < 4.78 is 16.7. The fourth-order valence-corrected chi connectivity index (χ4v) is 4.05. The van der Waals surface area contributed by atoms with Crippen molar-refractivity contribution in [1.29, 1.82) is 0 Å². The Hall–Kier alpha value is -3.60. The highest BCUT2D eigenvalue weighted by molar-refractivity contribution is 5.92. The van der Waals surface area contributed by atoms with Crippen LogP contribution in [0.3, 0.4) is 0 Å². The number of carbonyl (C=O) groups excluding carboxylic acids is 2. The molecule has 0 fully saturated rings. The number of hydrogen-bond donors (Lipinski definition) is 0. The number of rotatable bonds is 16. The number of benzene rings is 3. The highest BCUT2D eigenvalue weighted by Gasteiger charge is 2.11. The smallest absolute Gasteiger partial charge is 0.343 e. The average molecular weight is 517 g/mol. The van der Waals surface area contributed by atoms with Gasteiger partial charge in [0.05, 0.1) is 17.7 Å². The first kappa shape index (κ1) is 29.0. The molecule has 3 aromatic carbocycles. The molecule has 0 radical (unpaired) electrons. The first-order valence-corrected chi connectivity index (χ1v) is 13.9. The van der Waals surface area contributed by atoms with Crippen molar-refractivity contribution in [2.45, 2.75) is 78.1 Å². The van der Waals surface area contributed by atoms with Crippen LogP contribution in [0.25, 0.3) is 0 Å². The Morgan fingerprint density at radius 2 is 0.974 bits per heavy atom. The fraction of sp³-hybridized carbons (Fsp3) is 0.394. The monoisotopic (exact) mass is 516 g/mol. The lowest BCUT2D eigenvalue weighted by atomic mass is 10.1. The third kappa shape index (κ3) is 10.0. The van der Waals surface area contributed by atoms with E-state index in [4.69, 9.17) is 14.2 Å². The van der Waals surface area contributed by atoms with Crippen LogP contribution in [0, 0.1) is 0 Å². The molecule has 3 aromatic rings. The molecule has 0 aliphatic carbocycles. The van der Waals surface area contributed by atoms with Crippen molar-refractivity contribution in [1.82, 2.24) is 0 Å². The Kier molecular flexibility index (Phi) is 12.4. The second kappa shape index (κ2) is 16.3. The van der Waals surface area contributed by atoms with Crippen LogP contribution in [0.15, 0.2) is 72.8 Å². The summed E-state index contributed by atoms with van der Waals surface area (Å²) in [5.41, 5.74) is 2.15. The van der Waals surface area contributed by atoms with Gasteiger partial charge in [0.2, 0.25) is 0 Å². The van der Waals surface area contributed by atoms with Gasteiger partial charge in [-0.1, -0.05) is 70.9 Å². The highest BCUT2D eigenvalue weighted by atomic mass is 16.5. The number of esters is 2. The van der Waals surface area contributed by atoms with Crippen LogP contribution in [0.2, 0.25) is 0 Å². The van der Waals surface area contributed by atoms with E-state index in [1.807, 2.05) is 12.1 Å². The van der Waals surface area contributed by atoms with Crippen molar-refractivity contribution in [3.8, 4) is 17.2 Å². The molecule has 0 aromatic heterocycles. The summed E-state index contributed by atoms with van der Waals surface area (Å²) >= 11 is 0. The first-order chi connectivity index (χ1) is 18.6. The number of hydrogen-bond acceptors (Lipinski definition) is 5. The van der Waals surface area contributed by atoms with Gasteiger partial charge >= 0.3 is 11.9 Å². The van der Waals surface area contributed by atoms with Crippen LogP contribution in [0.1, 0.15) is 97.9 Å². The maximum absolute atomic E-state index is 12.5. The lowest BCUT2D eigenvalue weighted by Crippen LogP contribution is -2.09. The molecule has 0 unspecified atom stereocenters. The summed E-state index contributed by atoms with van der Waals surface area (Å²) in [6, 6.07) is 20.9. The minimum Gasteiger partial charge on any atom is -0.494 e. The van der Waals surface area contributed by atoms with Gasteiger partial charge in [0.25, 0.3) is 0 Å². The van der Waals surface area contributed by atoms with Gasteiger partial charge in [0.1, 0.15) is 17.2 Å². The molecule has 0 atom stereocenters. The Labute approximate surface area is 227 Å². The Balaban J connectivity index is 1.42. The van der Waals surface area contributed by atoms with Gasteiger partial charge in [-0.25, -0.2) is 9.59 Å². The van der Waals surface area contributed by atoms with Crippen molar-refractivity contribution >= 4 is 11.9 Å². The summed E-state index contributed by atoms with van der Waals surface area (Å²) in [4.78, 5) is 25.0. The van der Waals surface area contributed by atoms with Crippen molar-refractivity contribution in [3.05, 3.63) is 89.5 Å². The van der Waals surface area contributed by atoms with E-state index >= 15 is 0 Å². The van der Waals surface area contributed by atoms with E-state index in [-0.39, 0.29) is 0 Å². The van der Waals surface area contributed by atoms with E-state index < -0.39 is 11.9 Å². The lowest BCUT2D eigenvalue weighted by Gasteiger charge is -2.09. The fourth-order valence-electron chi connectivity index (χ4n) is 4.05. The SMILES string of the molecule is CCCCCCCCOc1ccc(C(=O)Oc2ccc(OC(=O)c3ccc(CCCCC)cc3)cc2)cc1. The maximum atomic E-state index is 12.5. The van der Waals surface area contributed by atoms with Gasteiger partial charge < -0.3 is 14.2 Å². The minimum absolute atomic E-state index is 0.370. The Morgan fingerprint density at radius 3 is 1.53 bits per heavy atom. The van der Waals surface area contributed by atoms with Gasteiger partial charge in [0, 0.05) is 0 Å². The topological polar surface area (TPSA) is 61.8 Å². The third-order valence-electron chi connectivity index (χ3n) is 6.36. The normalized spacial score (nSPS) is 10.7. The number of aryl methyl sites for hydroxylation is 1. The molecule has 0 saturated carbocycles. The molecule has 0 heterocycles. The summed E-state index contributed by atoms with van der Waals surface area (Å²) in [5, 5.41) is 0. The van der Waals surface area contributed by atoms with E-state index in [1.165, 1.54) is 50.5 Å². The Bertz CT molecular complexity index is 1100. The molecule has 3 rings (SSSR count). The second-order valence-corrected chi connectivity index (χ2v) is 9.55. The van der Waals surface area contributed by atoms with Gasteiger partial charge in [-0.2, -0.15) is 0 Å². The van der Waals surface area contributed by atoms with E-state index in [9.17, 15) is 9.59 Å². The molecule has 0 aliphatic rings. The summed E-state index contributed by atoms with van der Waals surface area (Å²) in [5.74, 6) is 0.612. The van der Waals surface area contributed by atoms with Gasteiger partial charge in [0.15, 0.2) is 0 Å². The van der Waals surface area contributed by atoms with Gasteiger partial charge in [-0.05, 0) is 85.5 Å². The molecule has 5 nitrogen and oxygen atoms in total. The number of unbranched alkanes of at least 4 members (excludes halogenated alkanes) is 7. The molecule has 0 bridgehead atoms. The largest absolute Gasteiger partial charge is 0.494 e. The average Bonchev–Trinajstić information content (AvgIpc) is 2.94. The maximum Gasteiger partial charge on any atom is 0.343 e. The first-order valence-electron chi connectivity index (χ1n) is 13.9. The quantitative estimate of drug-likeness (QED) is 0.108. The van der Waals surface area contributed by atoms with Crippen LogP contribution in [0.5, 0.6) is 17.2 Å². The third-order valence-corrected chi connectivity index (χ3v) is 6.36. The molecular weight excluding hydrogens is 476 g/mol.